The molecule has 2 aromatic rings. The minimum Gasteiger partial charge on any atom is -0.360 e. The van der Waals surface area contributed by atoms with Crippen LogP contribution < -0.4 is 16.0 Å². The number of hydrogen-bond donors (Lipinski definition) is 3. The van der Waals surface area contributed by atoms with Gasteiger partial charge in [-0.15, -0.1) is 11.8 Å². The second kappa shape index (κ2) is 10.0. The first-order valence-corrected chi connectivity index (χ1v) is 9.57. The topological polar surface area (TPSA) is 113 Å². The summed E-state index contributed by atoms with van der Waals surface area (Å²) in [4.78, 5) is 36.4. The van der Waals surface area contributed by atoms with Crippen LogP contribution in [0.15, 0.2) is 28.8 Å². The molecule has 0 fully saturated rings. The van der Waals surface area contributed by atoms with Gasteiger partial charge in [-0.05, 0) is 31.5 Å². The van der Waals surface area contributed by atoms with Gasteiger partial charge >= 0.3 is 0 Å². The zero-order chi connectivity index (χ0) is 21.6. The molecule has 2 unspecified atom stereocenters. The Labute approximate surface area is 169 Å². The standard InChI is InChI=1S/C18H20F2N4O4S/c1-9-6-14(24-28-9)22-17(26)10(2)29-8-15(25)23-16(18(27)21-3)11-4-5-12(19)13(20)7-11/h4-7,10,16H,8H2,1-3H3,(H,21,27)(H,23,25)(H,22,24,26). The minimum atomic E-state index is -1.20. The normalized spacial score (nSPS) is 12.7. The molecule has 0 bridgehead atoms. The number of halogens is 2. The largest absolute Gasteiger partial charge is 0.360 e. The molecule has 156 valence electrons. The Bertz CT molecular complexity index is 906. The molecule has 1 aromatic carbocycles. The van der Waals surface area contributed by atoms with Gasteiger partial charge in [0.25, 0.3) is 0 Å². The van der Waals surface area contributed by atoms with E-state index >= 15 is 0 Å². The first kappa shape index (κ1) is 22.3. The molecule has 8 nitrogen and oxygen atoms in total. The zero-order valence-electron chi connectivity index (χ0n) is 15.9. The third kappa shape index (κ3) is 6.28. The molecule has 11 heteroatoms. The Morgan fingerprint density at radius 2 is 1.90 bits per heavy atom. The first-order chi connectivity index (χ1) is 13.7. The van der Waals surface area contributed by atoms with E-state index in [-0.39, 0.29) is 23.0 Å². The summed E-state index contributed by atoms with van der Waals surface area (Å²) in [5.74, 6) is -3.04. The van der Waals surface area contributed by atoms with Crippen molar-refractivity contribution in [3.05, 3.63) is 47.2 Å². The highest BCUT2D eigenvalue weighted by molar-refractivity contribution is 8.01. The monoisotopic (exact) mass is 426 g/mol. The molecule has 0 aliphatic rings. The van der Waals surface area contributed by atoms with Crippen molar-refractivity contribution in [2.45, 2.75) is 25.1 Å². The molecule has 0 aliphatic heterocycles. The van der Waals surface area contributed by atoms with Crippen LogP contribution in [0.5, 0.6) is 0 Å². The van der Waals surface area contributed by atoms with E-state index in [0.29, 0.717) is 5.76 Å². The van der Waals surface area contributed by atoms with E-state index in [4.69, 9.17) is 4.52 Å². The third-order valence-corrected chi connectivity index (χ3v) is 4.95. The maximum absolute atomic E-state index is 13.5. The van der Waals surface area contributed by atoms with Gasteiger partial charge in [0.15, 0.2) is 17.5 Å². The number of aryl methyl sites for hydroxylation is 1. The van der Waals surface area contributed by atoms with Gasteiger partial charge in [-0.2, -0.15) is 0 Å². The van der Waals surface area contributed by atoms with E-state index in [9.17, 15) is 23.2 Å². The van der Waals surface area contributed by atoms with Gasteiger partial charge in [0.2, 0.25) is 17.7 Å². The summed E-state index contributed by atoms with van der Waals surface area (Å²) in [6.45, 7) is 3.28. The van der Waals surface area contributed by atoms with Crippen LogP contribution in [0.25, 0.3) is 0 Å². The smallest absolute Gasteiger partial charge is 0.246 e. The average molecular weight is 426 g/mol. The predicted molar refractivity (Wildman–Crippen MR) is 103 cm³/mol. The number of amides is 3. The van der Waals surface area contributed by atoms with Crippen molar-refractivity contribution < 1.29 is 27.7 Å². The molecular weight excluding hydrogens is 406 g/mol. The van der Waals surface area contributed by atoms with E-state index in [1.807, 2.05) is 0 Å². The van der Waals surface area contributed by atoms with Crippen LogP contribution in [-0.4, -0.2) is 40.9 Å². The molecule has 0 spiro atoms. The van der Waals surface area contributed by atoms with E-state index < -0.39 is 34.7 Å². The average Bonchev–Trinajstić information content (AvgIpc) is 3.10. The van der Waals surface area contributed by atoms with Crippen LogP contribution >= 0.6 is 11.8 Å². The zero-order valence-corrected chi connectivity index (χ0v) is 16.7. The Balaban J connectivity index is 1.94. The van der Waals surface area contributed by atoms with E-state index in [0.717, 1.165) is 23.9 Å². The molecule has 2 atom stereocenters. The number of aromatic nitrogens is 1. The van der Waals surface area contributed by atoms with Crippen molar-refractivity contribution >= 4 is 35.3 Å². The summed E-state index contributed by atoms with van der Waals surface area (Å²) in [7, 11) is 1.36. The number of carbonyl (C=O) groups excluding carboxylic acids is 3. The molecule has 29 heavy (non-hydrogen) atoms. The van der Waals surface area contributed by atoms with Crippen LogP contribution in [0.4, 0.5) is 14.6 Å². The second-order valence-electron chi connectivity index (χ2n) is 6.05. The van der Waals surface area contributed by atoms with Crippen LogP contribution in [0.2, 0.25) is 0 Å². The fraction of sp³-hybridized carbons (Fsp3) is 0.333. The summed E-state index contributed by atoms with van der Waals surface area (Å²) >= 11 is 1.03. The van der Waals surface area contributed by atoms with Gasteiger partial charge in [-0.25, -0.2) is 8.78 Å². The number of likely N-dealkylation sites (N-methyl/N-ethyl adjacent to an activating group) is 1. The Hall–Kier alpha value is -2.95. The predicted octanol–water partition coefficient (Wildman–Crippen LogP) is 1.92. The van der Waals surface area contributed by atoms with Gasteiger partial charge in [0, 0.05) is 13.1 Å². The lowest BCUT2D eigenvalue weighted by molar-refractivity contribution is -0.127. The molecule has 3 amide bonds. The third-order valence-electron chi connectivity index (χ3n) is 3.80. The molecule has 1 heterocycles. The summed E-state index contributed by atoms with van der Waals surface area (Å²) in [6.07, 6.45) is 0. The lowest BCUT2D eigenvalue weighted by Crippen LogP contribution is -2.40. The number of thioether (sulfide) groups is 1. The van der Waals surface area contributed by atoms with Crippen LogP contribution in [-0.2, 0) is 14.4 Å². The SMILES string of the molecule is CNC(=O)C(NC(=O)CSC(C)C(=O)Nc1cc(C)on1)c1ccc(F)c(F)c1. The lowest BCUT2D eigenvalue weighted by atomic mass is 10.1. The van der Waals surface area contributed by atoms with Crippen LogP contribution in [0.3, 0.4) is 0 Å². The number of anilines is 1. The quantitative estimate of drug-likeness (QED) is 0.595. The van der Waals surface area contributed by atoms with Crippen molar-refractivity contribution in [1.82, 2.24) is 15.8 Å². The fourth-order valence-electron chi connectivity index (χ4n) is 2.27. The summed E-state index contributed by atoms with van der Waals surface area (Å²) in [6, 6.07) is 3.28. The van der Waals surface area contributed by atoms with Crippen molar-refractivity contribution in [2.75, 3.05) is 18.1 Å². The number of carbonyl (C=O) groups is 3. The number of nitrogens with zero attached hydrogens (tertiary/aromatic N) is 1. The second-order valence-corrected chi connectivity index (χ2v) is 7.38. The summed E-state index contributed by atoms with van der Waals surface area (Å²) < 4.78 is 31.5. The van der Waals surface area contributed by atoms with Crippen LogP contribution in [0, 0.1) is 18.6 Å². The highest BCUT2D eigenvalue weighted by atomic mass is 32.2. The Morgan fingerprint density at radius 3 is 2.48 bits per heavy atom. The van der Waals surface area contributed by atoms with Crippen molar-refractivity contribution in [3.63, 3.8) is 0 Å². The number of nitrogens with one attached hydrogen (secondary N) is 3. The molecule has 0 radical (unpaired) electrons. The van der Waals surface area contributed by atoms with Gasteiger partial charge < -0.3 is 20.5 Å². The number of hydrogen-bond acceptors (Lipinski definition) is 6. The number of rotatable bonds is 8. The van der Waals surface area contributed by atoms with Crippen molar-refractivity contribution in [3.8, 4) is 0 Å². The highest BCUT2D eigenvalue weighted by Gasteiger charge is 2.24. The van der Waals surface area contributed by atoms with Crippen molar-refractivity contribution in [1.29, 1.82) is 0 Å². The molecule has 1 aromatic heterocycles. The molecule has 0 saturated carbocycles. The van der Waals surface area contributed by atoms with Crippen LogP contribution in [0.1, 0.15) is 24.3 Å². The maximum Gasteiger partial charge on any atom is 0.246 e. The van der Waals surface area contributed by atoms with E-state index in [1.54, 1.807) is 19.9 Å². The molecule has 3 N–H and O–H groups in total. The Morgan fingerprint density at radius 1 is 1.17 bits per heavy atom. The Kier molecular flexibility index (Phi) is 7.71. The van der Waals surface area contributed by atoms with Gasteiger partial charge in [-0.1, -0.05) is 11.2 Å². The van der Waals surface area contributed by atoms with E-state index in [2.05, 4.69) is 21.1 Å². The lowest BCUT2D eigenvalue weighted by Gasteiger charge is -2.18. The van der Waals surface area contributed by atoms with Gasteiger partial charge in [0.05, 0.1) is 11.0 Å². The highest BCUT2D eigenvalue weighted by Crippen LogP contribution is 2.18. The molecule has 0 aliphatic carbocycles. The van der Waals surface area contributed by atoms with Gasteiger partial charge in [0.1, 0.15) is 11.8 Å². The molecular formula is C18H20F2N4O4S. The maximum atomic E-state index is 13.5. The van der Waals surface area contributed by atoms with Gasteiger partial charge in [-0.3, -0.25) is 14.4 Å². The van der Waals surface area contributed by atoms with E-state index in [1.165, 1.54) is 13.1 Å². The van der Waals surface area contributed by atoms with Crippen molar-refractivity contribution in [2.24, 2.45) is 0 Å². The fourth-order valence-corrected chi connectivity index (χ4v) is 2.96. The first-order valence-electron chi connectivity index (χ1n) is 8.53. The minimum absolute atomic E-state index is 0.0915. The molecule has 0 saturated heterocycles. The molecule has 2 rings (SSSR count). The summed E-state index contributed by atoms with van der Waals surface area (Å²) in [5, 5.41) is 10.4. The summed E-state index contributed by atoms with van der Waals surface area (Å²) in [5.41, 5.74) is 0.0915. The number of benzene rings is 1.